The fraction of sp³-hybridized carbons (Fsp3) is 0.118. The Labute approximate surface area is 166 Å². The summed E-state index contributed by atoms with van der Waals surface area (Å²) in [5.74, 6) is 5.42. The zero-order valence-electron chi connectivity index (χ0n) is 14.1. The van der Waals surface area contributed by atoms with E-state index in [1.54, 1.807) is 24.3 Å². The average Bonchev–Trinajstić information content (AvgIpc) is 3.00. The third-order valence-electron chi connectivity index (χ3n) is 3.62. The maximum Gasteiger partial charge on any atom is 0.418 e. The number of nitrogens with two attached hydrogens (primary N) is 1. The monoisotopic (exact) mass is 427 g/mol. The van der Waals surface area contributed by atoms with E-state index in [-0.39, 0.29) is 16.6 Å². The first-order chi connectivity index (χ1) is 13.3. The van der Waals surface area contributed by atoms with Gasteiger partial charge in [0.05, 0.1) is 22.0 Å². The lowest BCUT2D eigenvalue weighted by Gasteiger charge is -2.13. The molecule has 0 unspecified atom stereocenters. The van der Waals surface area contributed by atoms with Crippen molar-refractivity contribution >= 4 is 35.0 Å². The van der Waals surface area contributed by atoms with Crippen molar-refractivity contribution < 1.29 is 18.0 Å². The van der Waals surface area contributed by atoms with Gasteiger partial charge < -0.3 is 11.2 Å². The first kappa shape index (κ1) is 20.0. The van der Waals surface area contributed by atoms with Crippen molar-refractivity contribution in [1.82, 2.24) is 14.9 Å². The zero-order chi connectivity index (χ0) is 20.3. The smallest absolute Gasteiger partial charge is 0.335 e. The van der Waals surface area contributed by atoms with Gasteiger partial charge in [-0.15, -0.1) is 10.2 Å². The molecule has 0 spiro atoms. The molecular formula is C17H13ClF3N5OS. The van der Waals surface area contributed by atoms with Crippen LogP contribution in [0.3, 0.4) is 0 Å². The van der Waals surface area contributed by atoms with Crippen LogP contribution in [0.1, 0.15) is 5.56 Å². The van der Waals surface area contributed by atoms with Crippen LogP contribution in [0, 0.1) is 0 Å². The summed E-state index contributed by atoms with van der Waals surface area (Å²) in [4.78, 5) is 12.1. The van der Waals surface area contributed by atoms with E-state index >= 15 is 0 Å². The first-order valence-corrected chi connectivity index (χ1v) is 9.18. The number of anilines is 1. The molecule has 1 aromatic heterocycles. The minimum atomic E-state index is -4.57. The highest BCUT2D eigenvalue weighted by Gasteiger charge is 2.33. The molecule has 0 aliphatic rings. The van der Waals surface area contributed by atoms with Crippen LogP contribution < -0.4 is 11.2 Å². The molecule has 0 saturated heterocycles. The van der Waals surface area contributed by atoms with E-state index in [0.29, 0.717) is 16.4 Å². The van der Waals surface area contributed by atoms with E-state index in [0.717, 1.165) is 17.8 Å². The molecule has 3 N–H and O–H groups in total. The van der Waals surface area contributed by atoms with Gasteiger partial charge in [0.25, 0.3) is 0 Å². The van der Waals surface area contributed by atoms with Gasteiger partial charge in [0.15, 0.2) is 5.82 Å². The molecular weight excluding hydrogens is 415 g/mol. The van der Waals surface area contributed by atoms with Crippen LogP contribution in [-0.2, 0) is 11.0 Å². The number of benzene rings is 2. The number of nitrogens with zero attached hydrogens (tertiary/aromatic N) is 3. The predicted octanol–water partition coefficient (Wildman–Crippen LogP) is 4.06. The van der Waals surface area contributed by atoms with E-state index in [9.17, 15) is 18.0 Å². The Balaban J connectivity index is 1.69. The number of hydrogen-bond acceptors (Lipinski definition) is 5. The van der Waals surface area contributed by atoms with Crippen LogP contribution in [0.5, 0.6) is 0 Å². The summed E-state index contributed by atoms with van der Waals surface area (Å²) in [5, 5.41) is 10.8. The summed E-state index contributed by atoms with van der Waals surface area (Å²) in [5.41, 5.74) is -0.669. The van der Waals surface area contributed by atoms with Gasteiger partial charge in [0.1, 0.15) is 0 Å². The third-order valence-corrected chi connectivity index (χ3v) is 4.89. The fourth-order valence-corrected chi connectivity index (χ4v) is 3.23. The van der Waals surface area contributed by atoms with Crippen LogP contribution in [0.25, 0.3) is 11.4 Å². The van der Waals surface area contributed by atoms with Gasteiger partial charge in [0, 0.05) is 5.56 Å². The highest BCUT2D eigenvalue weighted by atomic mass is 35.5. The largest absolute Gasteiger partial charge is 0.418 e. The second kappa shape index (κ2) is 8.11. The summed E-state index contributed by atoms with van der Waals surface area (Å²) in [6.07, 6.45) is -4.57. The summed E-state index contributed by atoms with van der Waals surface area (Å²) in [7, 11) is 0. The maximum atomic E-state index is 13.0. The predicted molar refractivity (Wildman–Crippen MR) is 101 cm³/mol. The molecule has 0 bridgehead atoms. The number of nitrogens with one attached hydrogen (secondary N) is 1. The number of rotatable bonds is 5. The number of alkyl halides is 3. The average molecular weight is 428 g/mol. The molecule has 2 aromatic carbocycles. The summed E-state index contributed by atoms with van der Waals surface area (Å²) in [6.45, 7) is 0. The molecule has 0 atom stereocenters. The molecule has 0 aliphatic carbocycles. The van der Waals surface area contributed by atoms with Gasteiger partial charge in [-0.2, -0.15) is 13.2 Å². The molecule has 28 heavy (non-hydrogen) atoms. The zero-order valence-corrected chi connectivity index (χ0v) is 15.6. The molecule has 3 rings (SSSR count). The normalized spacial score (nSPS) is 11.4. The highest BCUT2D eigenvalue weighted by molar-refractivity contribution is 7.99. The fourth-order valence-electron chi connectivity index (χ4n) is 2.36. The Kier molecular flexibility index (Phi) is 5.80. The number of carbonyl (C=O) groups is 1. The molecule has 146 valence electrons. The van der Waals surface area contributed by atoms with Crippen molar-refractivity contribution in [2.45, 2.75) is 11.3 Å². The maximum absolute atomic E-state index is 13.0. The number of aromatic nitrogens is 3. The molecule has 3 aromatic rings. The van der Waals surface area contributed by atoms with E-state index < -0.39 is 17.6 Å². The number of carbonyl (C=O) groups excluding carboxylic acids is 1. The Morgan fingerprint density at radius 3 is 2.54 bits per heavy atom. The van der Waals surface area contributed by atoms with Crippen molar-refractivity contribution in [2.24, 2.45) is 0 Å². The van der Waals surface area contributed by atoms with Crippen molar-refractivity contribution in [3.05, 3.63) is 59.1 Å². The molecule has 0 radical (unpaired) electrons. The Morgan fingerprint density at radius 1 is 1.14 bits per heavy atom. The molecule has 11 heteroatoms. The molecule has 6 nitrogen and oxygen atoms in total. The van der Waals surface area contributed by atoms with Crippen LogP contribution >= 0.6 is 23.4 Å². The van der Waals surface area contributed by atoms with Gasteiger partial charge >= 0.3 is 6.18 Å². The molecule has 0 aliphatic heterocycles. The lowest BCUT2D eigenvalue weighted by molar-refractivity contribution is -0.137. The first-order valence-electron chi connectivity index (χ1n) is 7.81. The lowest BCUT2D eigenvalue weighted by atomic mass is 10.1. The third kappa shape index (κ3) is 4.39. The molecule has 0 saturated carbocycles. The second-order valence-corrected chi connectivity index (χ2v) is 6.89. The minimum absolute atomic E-state index is 0.204. The van der Waals surface area contributed by atoms with Gasteiger partial charge in [0.2, 0.25) is 11.1 Å². The molecule has 0 fully saturated rings. The van der Waals surface area contributed by atoms with E-state index in [1.807, 2.05) is 0 Å². The van der Waals surface area contributed by atoms with Crippen LogP contribution in [-0.4, -0.2) is 26.5 Å². The highest BCUT2D eigenvalue weighted by Crippen LogP contribution is 2.34. The molecule has 1 heterocycles. The van der Waals surface area contributed by atoms with E-state index in [2.05, 4.69) is 15.5 Å². The number of thioether (sulfide) groups is 1. The second-order valence-electron chi connectivity index (χ2n) is 5.54. The van der Waals surface area contributed by atoms with Crippen LogP contribution in [0.15, 0.2) is 53.7 Å². The summed E-state index contributed by atoms with van der Waals surface area (Å²) < 4.78 is 40.2. The van der Waals surface area contributed by atoms with Crippen LogP contribution in [0.4, 0.5) is 18.9 Å². The summed E-state index contributed by atoms with van der Waals surface area (Å²) in [6, 6.07) is 11.6. The number of nitrogen functional groups attached to an aromatic ring is 1. The van der Waals surface area contributed by atoms with Crippen molar-refractivity contribution in [3.63, 3.8) is 0 Å². The van der Waals surface area contributed by atoms with Gasteiger partial charge in [-0.05, 0) is 24.3 Å². The number of amides is 1. The topological polar surface area (TPSA) is 85.8 Å². The van der Waals surface area contributed by atoms with E-state index in [1.165, 1.54) is 22.9 Å². The SMILES string of the molecule is Nn1c(SCC(=O)Nc2ccccc2C(F)(F)F)nnc1-c1ccccc1Cl. The summed E-state index contributed by atoms with van der Waals surface area (Å²) >= 11 is 7.05. The standard InChI is InChI=1S/C17H13ClF3N5OS/c18-12-7-3-1-5-10(12)15-24-25-16(26(15)22)28-9-14(27)23-13-8-4-2-6-11(13)17(19,20)21/h1-8H,9,22H2,(H,23,27). The Bertz CT molecular complexity index is 1010. The number of para-hydroxylation sites is 1. The van der Waals surface area contributed by atoms with E-state index in [4.69, 9.17) is 17.4 Å². The Morgan fingerprint density at radius 2 is 1.82 bits per heavy atom. The minimum Gasteiger partial charge on any atom is -0.335 e. The van der Waals surface area contributed by atoms with Crippen molar-refractivity contribution in [2.75, 3.05) is 16.9 Å². The number of hydrogen-bond donors (Lipinski definition) is 2. The van der Waals surface area contributed by atoms with Crippen molar-refractivity contribution in [1.29, 1.82) is 0 Å². The van der Waals surface area contributed by atoms with Crippen molar-refractivity contribution in [3.8, 4) is 11.4 Å². The number of halogens is 4. The lowest BCUT2D eigenvalue weighted by Crippen LogP contribution is -2.19. The van der Waals surface area contributed by atoms with Crippen LogP contribution in [0.2, 0.25) is 5.02 Å². The van der Waals surface area contributed by atoms with Gasteiger partial charge in [-0.3, -0.25) is 4.79 Å². The Hall–Kier alpha value is -2.72. The molecule has 1 amide bonds. The van der Waals surface area contributed by atoms with Gasteiger partial charge in [-0.1, -0.05) is 47.6 Å². The van der Waals surface area contributed by atoms with Gasteiger partial charge in [-0.25, -0.2) is 4.68 Å². The quantitative estimate of drug-likeness (QED) is 0.473.